The van der Waals surface area contributed by atoms with Crippen LogP contribution in [0.15, 0.2) is 24.3 Å². The van der Waals surface area contributed by atoms with Crippen LogP contribution in [-0.4, -0.2) is 23.9 Å². The summed E-state index contributed by atoms with van der Waals surface area (Å²) in [4.78, 5) is 12.8. The van der Waals surface area contributed by atoms with Crippen molar-refractivity contribution in [1.82, 2.24) is 4.90 Å². The van der Waals surface area contributed by atoms with Crippen molar-refractivity contribution in [1.29, 1.82) is 0 Å². The molecule has 0 bridgehead atoms. The molecule has 74 valence electrons. The summed E-state index contributed by atoms with van der Waals surface area (Å²) in [6.45, 7) is 0. The first-order valence-corrected chi connectivity index (χ1v) is 4.77. The van der Waals surface area contributed by atoms with Gasteiger partial charge in [-0.05, 0) is 11.6 Å². The van der Waals surface area contributed by atoms with Gasteiger partial charge in [0.25, 0.3) is 0 Å². The number of rotatable bonds is 1. The maximum absolute atomic E-state index is 11.2. The number of carbonyl (C=O) groups is 1. The van der Waals surface area contributed by atoms with E-state index in [1.165, 1.54) is 0 Å². The van der Waals surface area contributed by atoms with Gasteiger partial charge in [0.15, 0.2) is 0 Å². The Hall–Kier alpha value is -1.06. The van der Waals surface area contributed by atoms with Crippen molar-refractivity contribution in [2.24, 2.45) is 5.73 Å². The summed E-state index contributed by atoms with van der Waals surface area (Å²) in [5, 5.41) is 0.660. The molecule has 2 rings (SSSR count). The lowest BCUT2D eigenvalue weighted by molar-refractivity contribution is -0.146. The zero-order chi connectivity index (χ0) is 10.3. The van der Waals surface area contributed by atoms with Crippen LogP contribution in [0.25, 0.3) is 0 Å². The lowest BCUT2D eigenvalue weighted by Gasteiger charge is -2.43. The molecule has 1 amide bonds. The van der Waals surface area contributed by atoms with Crippen molar-refractivity contribution < 1.29 is 4.79 Å². The highest BCUT2D eigenvalue weighted by Gasteiger charge is 2.43. The maximum Gasteiger partial charge on any atom is 0.242 e. The molecule has 0 saturated carbocycles. The number of nitrogens with zero attached hydrogens (tertiary/aromatic N) is 1. The summed E-state index contributed by atoms with van der Waals surface area (Å²) in [6, 6.07) is 6.94. The van der Waals surface area contributed by atoms with Crippen LogP contribution in [0.5, 0.6) is 0 Å². The summed E-state index contributed by atoms with van der Waals surface area (Å²) < 4.78 is 0. The number of nitrogens with two attached hydrogens (primary N) is 1. The highest BCUT2D eigenvalue weighted by atomic mass is 35.5. The number of β-lactam (4-membered cyclic amide) rings is 1. The Labute approximate surface area is 87.4 Å². The van der Waals surface area contributed by atoms with Crippen LogP contribution in [-0.2, 0) is 4.79 Å². The molecule has 14 heavy (non-hydrogen) atoms. The van der Waals surface area contributed by atoms with E-state index in [4.69, 9.17) is 17.3 Å². The van der Waals surface area contributed by atoms with Gasteiger partial charge in [-0.3, -0.25) is 4.79 Å². The molecule has 2 atom stereocenters. The van der Waals surface area contributed by atoms with Crippen molar-refractivity contribution in [2.45, 2.75) is 12.1 Å². The monoisotopic (exact) mass is 210 g/mol. The molecule has 0 aliphatic carbocycles. The first kappa shape index (κ1) is 9.49. The van der Waals surface area contributed by atoms with Gasteiger partial charge in [0.1, 0.15) is 6.04 Å². The van der Waals surface area contributed by atoms with Gasteiger partial charge < -0.3 is 10.6 Å². The number of hydrogen-bond donors (Lipinski definition) is 1. The van der Waals surface area contributed by atoms with Gasteiger partial charge in [0, 0.05) is 12.1 Å². The molecule has 3 nitrogen and oxygen atoms in total. The summed E-state index contributed by atoms with van der Waals surface area (Å²) >= 11 is 6.02. The summed E-state index contributed by atoms with van der Waals surface area (Å²) in [5.74, 6) is -0.0325. The summed E-state index contributed by atoms with van der Waals surface area (Å²) in [7, 11) is 1.74. The number of amides is 1. The normalized spacial score (nSPS) is 26.2. The SMILES string of the molecule is CN1C(=O)[C@H](N)[C@@H]1c1ccccc1Cl. The number of carbonyl (C=O) groups excluding carboxylic acids is 1. The van der Waals surface area contributed by atoms with Crippen molar-refractivity contribution in [3.63, 3.8) is 0 Å². The summed E-state index contributed by atoms with van der Waals surface area (Å²) in [5.41, 5.74) is 6.63. The first-order chi connectivity index (χ1) is 6.63. The van der Waals surface area contributed by atoms with Crippen LogP contribution in [0.1, 0.15) is 11.6 Å². The second-order valence-corrected chi connectivity index (χ2v) is 3.85. The Morgan fingerprint density at radius 3 is 2.64 bits per heavy atom. The molecule has 0 spiro atoms. The molecule has 1 aliphatic heterocycles. The largest absolute Gasteiger partial charge is 0.335 e. The molecule has 4 heteroatoms. The van der Waals surface area contributed by atoms with E-state index in [2.05, 4.69) is 0 Å². The standard InChI is InChI=1S/C10H11ClN2O/c1-13-9(8(12)10(13)14)6-4-2-3-5-7(6)11/h2-5,8-9H,12H2,1H3/t8-,9+/m1/s1. The average Bonchev–Trinajstić information content (AvgIpc) is 2.21. The smallest absolute Gasteiger partial charge is 0.242 e. The predicted molar refractivity (Wildman–Crippen MR) is 54.9 cm³/mol. The van der Waals surface area contributed by atoms with Gasteiger partial charge in [-0.15, -0.1) is 0 Å². The molecular weight excluding hydrogens is 200 g/mol. The summed E-state index contributed by atoms with van der Waals surface area (Å²) in [6.07, 6.45) is 0. The molecule has 0 unspecified atom stereocenters. The molecule has 1 saturated heterocycles. The topological polar surface area (TPSA) is 46.3 Å². The third-order valence-corrected chi connectivity index (χ3v) is 2.96. The molecule has 0 radical (unpaired) electrons. The quantitative estimate of drug-likeness (QED) is 0.708. The Morgan fingerprint density at radius 1 is 1.43 bits per heavy atom. The third-order valence-electron chi connectivity index (χ3n) is 2.61. The van der Waals surface area contributed by atoms with Crippen LogP contribution in [0.3, 0.4) is 0 Å². The molecule has 1 aromatic rings. The van der Waals surface area contributed by atoms with E-state index < -0.39 is 6.04 Å². The number of halogens is 1. The van der Waals surface area contributed by atoms with Crippen LogP contribution < -0.4 is 5.73 Å². The first-order valence-electron chi connectivity index (χ1n) is 4.39. The van der Waals surface area contributed by atoms with E-state index in [1.54, 1.807) is 18.0 Å². The van der Waals surface area contributed by atoms with E-state index in [-0.39, 0.29) is 11.9 Å². The fraction of sp³-hybridized carbons (Fsp3) is 0.300. The van der Waals surface area contributed by atoms with Crippen molar-refractivity contribution in [2.75, 3.05) is 7.05 Å². The molecule has 0 aromatic heterocycles. The molecule has 2 N–H and O–H groups in total. The minimum Gasteiger partial charge on any atom is -0.335 e. The second kappa shape index (κ2) is 3.26. The fourth-order valence-electron chi connectivity index (χ4n) is 1.78. The highest BCUT2D eigenvalue weighted by Crippen LogP contribution is 2.35. The van der Waals surface area contributed by atoms with Crippen LogP contribution in [0.4, 0.5) is 0 Å². The van der Waals surface area contributed by atoms with E-state index in [1.807, 2.05) is 18.2 Å². The van der Waals surface area contributed by atoms with Gasteiger partial charge in [-0.25, -0.2) is 0 Å². The number of hydrogen-bond acceptors (Lipinski definition) is 2. The van der Waals surface area contributed by atoms with Gasteiger partial charge in [-0.2, -0.15) is 0 Å². The Morgan fingerprint density at radius 2 is 2.07 bits per heavy atom. The number of likely N-dealkylation sites (tertiary alicyclic amines) is 1. The Balaban J connectivity index is 2.33. The fourth-order valence-corrected chi connectivity index (χ4v) is 2.03. The third kappa shape index (κ3) is 1.21. The molecule has 1 fully saturated rings. The zero-order valence-electron chi connectivity index (χ0n) is 7.77. The van der Waals surface area contributed by atoms with Crippen LogP contribution in [0, 0.1) is 0 Å². The van der Waals surface area contributed by atoms with E-state index in [0.717, 1.165) is 5.56 Å². The molecule has 1 heterocycles. The minimum absolute atomic E-state index is 0.0325. The molecule has 1 aromatic carbocycles. The Kier molecular flexibility index (Phi) is 2.21. The highest BCUT2D eigenvalue weighted by molar-refractivity contribution is 6.31. The lowest BCUT2D eigenvalue weighted by Crippen LogP contribution is -2.61. The van der Waals surface area contributed by atoms with Gasteiger partial charge >= 0.3 is 0 Å². The molecule has 1 aliphatic rings. The van der Waals surface area contributed by atoms with Crippen molar-refractivity contribution in [3.8, 4) is 0 Å². The average molecular weight is 211 g/mol. The second-order valence-electron chi connectivity index (χ2n) is 3.44. The van der Waals surface area contributed by atoms with E-state index >= 15 is 0 Å². The number of benzene rings is 1. The molecular formula is C10H11ClN2O. The van der Waals surface area contributed by atoms with Gasteiger partial charge in [-0.1, -0.05) is 29.8 Å². The maximum atomic E-state index is 11.2. The van der Waals surface area contributed by atoms with Crippen molar-refractivity contribution >= 4 is 17.5 Å². The van der Waals surface area contributed by atoms with Gasteiger partial charge in [0.05, 0.1) is 6.04 Å². The Bertz CT molecular complexity index is 368. The predicted octanol–water partition coefficient (Wildman–Crippen LogP) is 1.18. The zero-order valence-corrected chi connectivity index (χ0v) is 8.53. The van der Waals surface area contributed by atoms with Gasteiger partial charge in [0.2, 0.25) is 5.91 Å². The van der Waals surface area contributed by atoms with Crippen molar-refractivity contribution in [3.05, 3.63) is 34.9 Å². The minimum atomic E-state index is -0.445. The number of likely N-dealkylation sites (N-methyl/N-ethyl adjacent to an activating group) is 1. The van der Waals surface area contributed by atoms with Crippen LogP contribution >= 0.6 is 11.6 Å². The van der Waals surface area contributed by atoms with E-state index in [0.29, 0.717) is 5.02 Å². The van der Waals surface area contributed by atoms with E-state index in [9.17, 15) is 4.79 Å². The lowest BCUT2D eigenvalue weighted by atomic mass is 9.90. The van der Waals surface area contributed by atoms with Crippen LogP contribution in [0.2, 0.25) is 5.02 Å².